The molecule has 0 radical (unpaired) electrons. The molecule has 0 atom stereocenters. The first kappa shape index (κ1) is 22.1. The first-order chi connectivity index (χ1) is 19.3. The average Bonchev–Trinajstić information content (AvgIpc) is 3.48. The van der Waals surface area contributed by atoms with Crippen molar-refractivity contribution in [2.24, 2.45) is 0 Å². The summed E-state index contributed by atoms with van der Waals surface area (Å²) in [7, 11) is 0. The van der Waals surface area contributed by atoms with E-state index in [0.29, 0.717) is 0 Å². The van der Waals surface area contributed by atoms with Crippen LogP contribution in [0.15, 0.2) is 146 Å². The fourth-order valence-electron chi connectivity index (χ4n) is 6.93. The molecule has 8 rings (SSSR count). The molecule has 0 fully saturated rings. The fourth-order valence-corrected chi connectivity index (χ4v) is 6.93. The highest BCUT2D eigenvalue weighted by Gasteiger charge is 2.46. The maximum absolute atomic E-state index is 2.45. The van der Waals surface area contributed by atoms with Crippen molar-refractivity contribution < 1.29 is 0 Å². The molecule has 0 N–H and O–H groups in total. The lowest BCUT2D eigenvalue weighted by atomic mass is 9.67. The number of rotatable bonds is 3. The van der Waals surface area contributed by atoms with Crippen LogP contribution in [0.2, 0.25) is 0 Å². The smallest absolute Gasteiger partial charge is 0.0714 e. The van der Waals surface area contributed by atoms with Crippen LogP contribution >= 0.6 is 0 Å². The van der Waals surface area contributed by atoms with Crippen molar-refractivity contribution in [3.05, 3.63) is 173 Å². The third-order valence-electron chi connectivity index (χ3n) is 8.53. The molecular weight excluding hydrogens is 470 g/mol. The van der Waals surface area contributed by atoms with Gasteiger partial charge in [0.25, 0.3) is 0 Å². The Morgan fingerprint density at radius 1 is 0.462 bits per heavy atom. The van der Waals surface area contributed by atoms with E-state index in [-0.39, 0.29) is 0 Å². The van der Waals surface area contributed by atoms with Crippen LogP contribution in [0.25, 0.3) is 38.6 Å². The number of para-hydroxylation sites is 2. The Labute approximate surface area is 228 Å². The quantitative estimate of drug-likeness (QED) is 0.229. The summed E-state index contributed by atoms with van der Waals surface area (Å²) >= 11 is 0. The third kappa shape index (κ3) is 3.02. The molecule has 1 aliphatic rings. The topological polar surface area (TPSA) is 4.93 Å². The highest BCUT2D eigenvalue weighted by atomic mass is 15.0. The van der Waals surface area contributed by atoms with Gasteiger partial charge >= 0.3 is 0 Å². The second-order valence-corrected chi connectivity index (χ2v) is 10.6. The Morgan fingerprint density at radius 3 is 1.54 bits per heavy atom. The van der Waals surface area contributed by atoms with Gasteiger partial charge in [0.15, 0.2) is 0 Å². The Balaban J connectivity index is 1.51. The standard InChI is InChI=1S/C38H27N/c1-26-20-22-30-31-23-21-29(39-36-18-10-8-16-32(36)33-17-9-11-19-37(33)39)25-35(31)38(34(30)24-26,27-12-4-2-5-13-27)28-14-6-3-7-15-28/h2-25H,1H3. The molecule has 1 nitrogen and oxygen atoms in total. The number of fused-ring (bicyclic) bond motifs is 6. The van der Waals surface area contributed by atoms with Crippen molar-refractivity contribution in [1.29, 1.82) is 0 Å². The predicted molar refractivity (Wildman–Crippen MR) is 163 cm³/mol. The van der Waals surface area contributed by atoms with Gasteiger partial charge in [-0.1, -0.05) is 127 Å². The van der Waals surface area contributed by atoms with Crippen LogP contribution in [-0.4, -0.2) is 4.57 Å². The van der Waals surface area contributed by atoms with Gasteiger partial charge in [-0.2, -0.15) is 0 Å². The molecule has 0 saturated carbocycles. The minimum absolute atomic E-state index is 0.409. The van der Waals surface area contributed by atoms with Gasteiger partial charge in [0.05, 0.1) is 16.4 Å². The van der Waals surface area contributed by atoms with Crippen LogP contribution in [0, 0.1) is 6.92 Å². The molecular formula is C38H27N. The summed E-state index contributed by atoms with van der Waals surface area (Å²) in [6.45, 7) is 2.20. The van der Waals surface area contributed by atoms with Crippen LogP contribution < -0.4 is 0 Å². The van der Waals surface area contributed by atoms with Gasteiger partial charge in [-0.3, -0.25) is 0 Å². The zero-order valence-electron chi connectivity index (χ0n) is 21.8. The Morgan fingerprint density at radius 2 is 0.949 bits per heavy atom. The van der Waals surface area contributed by atoms with Gasteiger partial charge in [0.1, 0.15) is 0 Å². The fraction of sp³-hybridized carbons (Fsp3) is 0.0526. The first-order valence-corrected chi connectivity index (χ1v) is 13.6. The number of aryl methyl sites for hydroxylation is 1. The summed E-state index contributed by atoms with van der Waals surface area (Å²) < 4.78 is 2.43. The van der Waals surface area contributed by atoms with Gasteiger partial charge in [-0.25, -0.2) is 0 Å². The highest BCUT2D eigenvalue weighted by Crippen LogP contribution is 2.56. The number of aromatic nitrogens is 1. The zero-order valence-corrected chi connectivity index (χ0v) is 21.8. The van der Waals surface area contributed by atoms with Crippen molar-refractivity contribution in [2.45, 2.75) is 12.3 Å². The second kappa shape index (κ2) is 8.31. The second-order valence-electron chi connectivity index (χ2n) is 10.6. The van der Waals surface area contributed by atoms with Crippen molar-refractivity contribution in [2.75, 3.05) is 0 Å². The summed E-state index contributed by atoms with van der Waals surface area (Å²) in [5, 5.41) is 2.56. The summed E-state index contributed by atoms with van der Waals surface area (Å²) in [6, 6.07) is 53.6. The van der Waals surface area contributed by atoms with Crippen molar-refractivity contribution in [3.8, 4) is 16.8 Å². The Hall–Kier alpha value is -4.88. The summed E-state index contributed by atoms with van der Waals surface area (Å²) in [5.74, 6) is 0. The van der Waals surface area contributed by atoms with Crippen molar-refractivity contribution >= 4 is 21.8 Å². The highest BCUT2D eigenvalue weighted by molar-refractivity contribution is 6.09. The van der Waals surface area contributed by atoms with E-state index in [1.54, 1.807) is 0 Å². The van der Waals surface area contributed by atoms with Gasteiger partial charge in [-0.15, -0.1) is 0 Å². The van der Waals surface area contributed by atoms with Crippen LogP contribution in [0.4, 0.5) is 0 Å². The zero-order chi connectivity index (χ0) is 26.0. The number of hydrogen-bond acceptors (Lipinski definition) is 0. The van der Waals surface area contributed by atoms with E-state index in [2.05, 4.69) is 157 Å². The Kier molecular flexibility index (Phi) is 4.72. The molecule has 6 aromatic carbocycles. The van der Waals surface area contributed by atoms with E-state index in [9.17, 15) is 0 Å². The van der Waals surface area contributed by atoms with Gasteiger partial charge in [0.2, 0.25) is 0 Å². The molecule has 1 heteroatoms. The number of benzene rings is 6. The van der Waals surface area contributed by atoms with Gasteiger partial charge < -0.3 is 4.57 Å². The van der Waals surface area contributed by atoms with Gasteiger partial charge in [0, 0.05) is 16.5 Å². The summed E-state index contributed by atoms with van der Waals surface area (Å²) in [5.41, 5.74) is 12.4. The maximum Gasteiger partial charge on any atom is 0.0714 e. The molecule has 39 heavy (non-hydrogen) atoms. The van der Waals surface area contributed by atoms with Crippen LogP contribution in [-0.2, 0) is 5.41 Å². The lowest BCUT2D eigenvalue weighted by Gasteiger charge is -2.34. The molecule has 0 spiro atoms. The van der Waals surface area contributed by atoms with E-state index in [4.69, 9.17) is 0 Å². The maximum atomic E-state index is 2.45. The molecule has 0 saturated heterocycles. The largest absolute Gasteiger partial charge is 0.309 e. The molecule has 7 aromatic rings. The van der Waals surface area contributed by atoms with Crippen molar-refractivity contribution in [3.63, 3.8) is 0 Å². The SMILES string of the molecule is Cc1ccc2c(c1)C(c1ccccc1)(c1ccccc1)c1cc(-n3c4ccccc4c4ccccc43)ccc1-2. The van der Waals surface area contributed by atoms with Crippen LogP contribution in [0.3, 0.4) is 0 Å². The molecule has 1 heterocycles. The van der Waals surface area contributed by atoms with Gasteiger partial charge in [-0.05, 0) is 64.6 Å². The van der Waals surface area contributed by atoms with Crippen LogP contribution in [0.1, 0.15) is 27.8 Å². The monoisotopic (exact) mass is 497 g/mol. The predicted octanol–water partition coefficient (Wildman–Crippen LogP) is 9.46. The first-order valence-electron chi connectivity index (χ1n) is 13.6. The number of nitrogens with zero attached hydrogens (tertiary/aromatic N) is 1. The molecule has 1 aliphatic carbocycles. The van der Waals surface area contributed by atoms with E-state index in [0.717, 1.165) is 0 Å². The number of hydrogen-bond donors (Lipinski definition) is 0. The third-order valence-corrected chi connectivity index (χ3v) is 8.53. The molecule has 0 unspecified atom stereocenters. The molecule has 184 valence electrons. The molecule has 0 amide bonds. The average molecular weight is 498 g/mol. The molecule has 0 bridgehead atoms. The Bertz CT molecular complexity index is 1920. The van der Waals surface area contributed by atoms with Crippen molar-refractivity contribution in [1.82, 2.24) is 4.57 Å². The van der Waals surface area contributed by atoms with E-state index >= 15 is 0 Å². The molecule has 1 aromatic heterocycles. The summed E-state index contributed by atoms with van der Waals surface area (Å²) in [6.07, 6.45) is 0. The normalized spacial score (nSPS) is 13.5. The van der Waals surface area contributed by atoms with Crippen LogP contribution in [0.5, 0.6) is 0 Å². The minimum atomic E-state index is -0.409. The van der Waals surface area contributed by atoms with E-state index in [1.807, 2.05) is 0 Å². The lowest BCUT2D eigenvalue weighted by Crippen LogP contribution is -2.28. The molecule has 0 aliphatic heterocycles. The minimum Gasteiger partial charge on any atom is -0.309 e. The van der Waals surface area contributed by atoms with E-state index in [1.165, 1.54) is 66.4 Å². The lowest BCUT2D eigenvalue weighted by molar-refractivity contribution is 0.766. The summed E-state index contributed by atoms with van der Waals surface area (Å²) in [4.78, 5) is 0. The van der Waals surface area contributed by atoms with E-state index < -0.39 is 5.41 Å².